The molecule has 0 unspecified atom stereocenters. The van der Waals surface area contributed by atoms with Gasteiger partial charge in [0.05, 0.1) is 6.10 Å². The first-order chi connectivity index (χ1) is 9.36. The third-order valence-electron chi connectivity index (χ3n) is 2.20. The molecule has 0 aliphatic heterocycles. The summed E-state index contributed by atoms with van der Waals surface area (Å²) in [5.74, 6) is -0.908. The Morgan fingerprint density at radius 3 is 2.65 bits per heavy atom. The molecule has 0 fully saturated rings. The van der Waals surface area contributed by atoms with Crippen molar-refractivity contribution in [2.24, 2.45) is 0 Å². The van der Waals surface area contributed by atoms with Crippen molar-refractivity contribution in [2.75, 3.05) is 0 Å². The molecule has 0 atom stereocenters. The summed E-state index contributed by atoms with van der Waals surface area (Å²) in [7, 11) is 0. The van der Waals surface area contributed by atoms with Crippen LogP contribution in [0.5, 0.6) is 0 Å². The SMILES string of the molecule is CC(C)OC(=O)/C(C#N)=C/c1cccn(C(F)F)c1=O. The van der Waals surface area contributed by atoms with E-state index in [1.165, 1.54) is 12.1 Å². The number of ether oxygens (including phenoxy) is 1. The van der Waals surface area contributed by atoms with E-state index >= 15 is 0 Å². The van der Waals surface area contributed by atoms with Crippen LogP contribution in [0, 0.1) is 11.3 Å². The number of alkyl halides is 2. The van der Waals surface area contributed by atoms with Crippen LogP contribution >= 0.6 is 0 Å². The van der Waals surface area contributed by atoms with E-state index < -0.39 is 29.8 Å². The fraction of sp³-hybridized carbons (Fsp3) is 0.308. The Balaban J connectivity index is 3.22. The summed E-state index contributed by atoms with van der Waals surface area (Å²) in [5, 5.41) is 8.86. The van der Waals surface area contributed by atoms with Crippen molar-refractivity contribution in [1.29, 1.82) is 5.26 Å². The van der Waals surface area contributed by atoms with Crippen LogP contribution in [0.4, 0.5) is 8.78 Å². The lowest BCUT2D eigenvalue weighted by Crippen LogP contribution is -2.22. The van der Waals surface area contributed by atoms with Gasteiger partial charge in [0.25, 0.3) is 5.56 Å². The van der Waals surface area contributed by atoms with Gasteiger partial charge in [0.2, 0.25) is 0 Å². The average molecular weight is 282 g/mol. The van der Waals surface area contributed by atoms with Gasteiger partial charge in [-0.1, -0.05) is 0 Å². The van der Waals surface area contributed by atoms with Gasteiger partial charge in [-0.15, -0.1) is 0 Å². The van der Waals surface area contributed by atoms with E-state index in [9.17, 15) is 18.4 Å². The molecular formula is C13H12F2N2O3. The molecule has 106 valence electrons. The van der Waals surface area contributed by atoms with Gasteiger partial charge in [0.1, 0.15) is 11.6 Å². The minimum Gasteiger partial charge on any atom is -0.459 e. The third kappa shape index (κ3) is 3.75. The second-order valence-corrected chi connectivity index (χ2v) is 4.08. The van der Waals surface area contributed by atoms with E-state index in [1.807, 2.05) is 0 Å². The highest BCUT2D eigenvalue weighted by Crippen LogP contribution is 2.09. The minimum atomic E-state index is -3.00. The molecule has 20 heavy (non-hydrogen) atoms. The summed E-state index contributed by atoms with van der Waals surface area (Å²) in [6.07, 6.45) is 1.42. The number of carbonyl (C=O) groups excluding carboxylic acids is 1. The first kappa shape index (κ1) is 15.6. The molecule has 7 heteroatoms. The Labute approximate surface area is 113 Å². The summed E-state index contributed by atoms with van der Waals surface area (Å²) >= 11 is 0. The van der Waals surface area contributed by atoms with Crippen LogP contribution in [0.3, 0.4) is 0 Å². The summed E-state index contributed by atoms with van der Waals surface area (Å²) < 4.78 is 30.1. The standard InChI is InChI=1S/C13H12F2N2O3/c1-8(2)20-12(19)10(7-16)6-9-4-3-5-17(11(9)18)13(14)15/h3-6,8,13H,1-2H3/b10-6+. The quantitative estimate of drug-likeness (QED) is 0.481. The molecule has 0 saturated heterocycles. The largest absolute Gasteiger partial charge is 0.459 e. The average Bonchev–Trinajstić information content (AvgIpc) is 2.36. The first-order valence-electron chi connectivity index (χ1n) is 5.69. The van der Waals surface area contributed by atoms with E-state index in [1.54, 1.807) is 19.9 Å². The number of rotatable bonds is 4. The lowest BCUT2D eigenvalue weighted by Gasteiger charge is -2.07. The van der Waals surface area contributed by atoms with E-state index in [2.05, 4.69) is 0 Å². The van der Waals surface area contributed by atoms with Crippen LogP contribution in [0.1, 0.15) is 26.0 Å². The molecule has 0 saturated carbocycles. The topological polar surface area (TPSA) is 72.1 Å². The summed E-state index contributed by atoms with van der Waals surface area (Å²) in [6.45, 7) is 0.197. The second-order valence-electron chi connectivity index (χ2n) is 4.08. The Morgan fingerprint density at radius 1 is 1.50 bits per heavy atom. The highest BCUT2D eigenvalue weighted by atomic mass is 19.3. The highest BCUT2D eigenvalue weighted by molar-refractivity contribution is 5.97. The minimum absolute atomic E-state index is 0.190. The number of esters is 1. The zero-order chi connectivity index (χ0) is 15.3. The molecule has 0 spiro atoms. The zero-order valence-electron chi connectivity index (χ0n) is 10.8. The maximum Gasteiger partial charge on any atom is 0.349 e. The molecule has 0 aliphatic rings. The van der Waals surface area contributed by atoms with Gasteiger partial charge >= 0.3 is 12.5 Å². The number of aromatic nitrogens is 1. The van der Waals surface area contributed by atoms with Crippen LogP contribution in [0.15, 0.2) is 28.7 Å². The van der Waals surface area contributed by atoms with Crippen molar-refractivity contribution in [1.82, 2.24) is 4.57 Å². The van der Waals surface area contributed by atoms with Gasteiger partial charge in [-0.2, -0.15) is 14.0 Å². The van der Waals surface area contributed by atoms with Crippen LogP contribution in [0.25, 0.3) is 6.08 Å². The molecule has 0 N–H and O–H groups in total. The predicted molar refractivity (Wildman–Crippen MR) is 66.8 cm³/mol. The highest BCUT2D eigenvalue weighted by Gasteiger charge is 2.15. The molecule has 5 nitrogen and oxygen atoms in total. The number of nitrogens with zero attached hydrogens (tertiary/aromatic N) is 2. The van der Waals surface area contributed by atoms with Crippen molar-refractivity contribution in [3.8, 4) is 6.07 Å². The summed E-state index contributed by atoms with van der Waals surface area (Å²) in [6, 6.07) is 4.04. The van der Waals surface area contributed by atoms with Gasteiger partial charge in [-0.25, -0.2) is 4.79 Å². The number of halogens is 2. The summed E-state index contributed by atoms with van der Waals surface area (Å²) in [5.41, 5.74) is -1.61. The van der Waals surface area contributed by atoms with Gasteiger partial charge in [-0.3, -0.25) is 9.36 Å². The van der Waals surface area contributed by atoms with Gasteiger partial charge in [0.15, 0.2) is 0 Å². The van der Waals surface area contributed by atoms with Crippen LogP contribution < -0.4 is 5.56 Å². The molecule has 1 aromatic heterocycles. The summed E-state index contributed by atoms with van der Waals surface area (Å²) in [4.78, 5) is 23.2. The Hall–Kier alpha value is -2.49. The molecule has 1 heterocycles. The van der Waals surface area contributed by atoms with E-state index in [0.717, 1.165) is 12.3 Å². The first-order valence-corrected chi connectivity index (χ1v) is 5.69. The Bertz CT molecular complexity index is 627. The fourth-order valence-electron chi connectivity index (χ4n) is 1.36. The van der Waals surface area contributed by atoms with Crippen molar-refractivity contribution in [2.45, 2.75) is 26.5 Å². The number of hydrogen-bond acceptors (Lipinski definition) is 4. The maximum atomic E-state index is 12.5. The molecule has 0 radical (unpaired) electrons. The molecule has 0 amide bonds. The zero-order valence-corrected chi connectivity index (χ0v) is 10.8. The molecular weight excluding hydrogens is 270 g/mol. The monoisotopic (exact) mass is 282 g/mol. The van der Waals surface area contributed by atoms with E-state index in [-0.39, 0.29) is 10.1 Å². The fourth-order valence-corrected chi connectivity index (χ4v) is 1.36. The Morgan fingerprint density at radius 2 is 2.15 bits per heavy atom. The van der Waals surface area contributed by atoms with E-state index in [4.69, 9.17) is 10.00 Å². The van der Waals surface area contributed by atoms with Crippen molar-refractivity contribution >= 4 is 12.0 Å². The van der Waals surface area contributed by atoms with Gasteiger partial charge < -0.3 is 4.74 Å². The molecule has 0 aliphatic carbocycles. The van der Waals surface area contributed by atoms with E-state index in [0.29, 0.717) is 0 Å². The molecule has 1 rings (SSSR count). The maximum absolute atomic E-state index is 12.5. The predicted octanol–water partition coefficient (Wildman–Crippen LogP) is 2.10. The van der Waals surface area contributed by atoms with Crippen LogP contribution in [-0.4, -0.2) is 16.6 Å². The number of carbonyl (C=O) groups is 1. The smallest absolute Gasteiger partial charge is 0.349 e. The van der Waals surface area contributed by atoms with Gasteiger partial charge in [0, 0.05) is 11.8 Å². The number of pyridine rings is 1. The molecule has 0 aromatic carbocycles. The number of nitriles is 1. The molecule has 0 bridgehead atoms. The normalized spacial score (nSPS) is 11.6. The lowest BCUT2D eigenvalue weighted by molar-refractivity contribution is -0.142. The van der Waals surface area contributed by atoms with Crippen molar-refractivity contribution < 1.29 is 18.3 Å². The van der Waals surface area contributed by atoms with Crippen LogP contribution in [-0.2, 0) is 9.53 Å². The third-order valence-corrected chi connectivity index (χ3v) is 2.20. The second kappa shape index (κ2) is 6.61. The van der Waals surface area contributed by atoms with Crippen molar-refractivity contribution in [3.63, 3.8) is 0 Å². The molecule has 1 aromatic rings. The Kier molecular flexibility index (Phi) is 5.15. The van der Waals surface area contributed by atoms with Crippen LogP contribution in [0.2, 0.25) is 0 Å². The lowest BCUT2D eigenvalue weighted by atomic mass is 10.2. The van der Waals surface area contributed by atoms with Gasteiger partial charge in [-0.05, 0) is 32.1 Å². The number of hydrogen-bond donors (Lipinski definition) is 0. The van der Waals surface area contributed by atoms with Crippen molar-refractivity contribution in [3.05, 3.63) is 39.8 Å².